The first-order valence-corrected chi connectivity index (χ1v) is 9.92. The predicted octanol–water partition coefficient (Wildman–Crippen LogP) is 4.71. The molecule has 30 heavy (non-hydrogen) atoms. The Bertz CT molecular complexity index is 703. The van der Waals surface area contributed by atoms with Crippen molar-refractivity contribution in [1.29, 1.82) is 0 Å². The smallest absolute Gasteiger partial charge is 0.335 e. The van der Waals surface area contributed by atoms with Gasteiger partial charge in [-0.2, -0.15) is 0 Å². The van der Waals surface area contributed by atoms with Gasteiger partial charge >= 0.3 is 11.9 Å². The van der Waals surface area contributed by atoms with E-state index in [1.807, 2.05) is 20.8 Å². The summed E-state index contributed by atoms with van der Waals surface area (Å²) in [6, 6.07) is 16.6. The third kappa shape index (κ3) is 8.76. The molecule has 4 N–H and O–H groups in total. The lowest BCUT2D eigenvalue weighted by atomic mass is 9.73. The van der Waals surface area contributed by atoms with Crippen LogP contribution in [-0.2, 0) is 0 Å². The van der Waals surface area contributed by atoms with Crippen molar-refractivity contribution in [2.75, 3.05) is 0 Å². The Labute approximate surface area is 178 Å². The molecule has 2 aromatic rings. The van der Waals surface area contributed by atoms with Crippen molar-refractivity contribution in [1.82, 2.24) is 0 Å². The van der Waals surface area contributed by atoms with E-state index in [9.17, 15) is 19.8 Å². The van der Waals surface area contributed by atoms with Crippen LogP contribution in [0, 0.1) is 5.92 Å². The number of rotatable bonds is 6. The highest BCUT2D eigenvalue weighted by atomic mass is 16.4. The summed E-state index contributed by atoms with van der Waals surface area (Å²) in [4.78, 5) is 20.4. The van der Waals surface area contributed by atoms with Crippen LogP contribution in [0.25, 0.3) is 0 Å². The topological polar surface area (TPSA) is 115 Å². The average Bonchev–Trinajstić information content (AvgIpc) is 2.73. The molecule has 0 aromatic heterocycles. The Hall–Kier alpha value is -2.70. The van der Waals surface area contributed by atoms with Gasteiger partial charge in [-0.3, -0.25) is 0 Å². The Morgan fingerprint density at radius 2 is 1.13 bits per heavy atom. The van der Waals surface area contributed by atoms with Crippen molar-refractivity contribution in [3.63, 3.8) is 0 Å². The second-order valence-corrected chi connectivity index (χ2v) is 7.49. The zero-order chi connectivity index (χ0) is 23.4. The van der Waals surface area contributed by atoms with Crippen LogP contribution < -0.4 is 0 Å². The van der Waals surface area contributed by atoms with Gasteiger partial charge in [-0.25, -0.2) is 9.59 Å². The number of hydrogen-bond acceptors (Lipinski definition) is 4. The van der Waals surface area contributed by atoms with Gasteiger partial charge in [0.2, 0.25) is 0 Å². The van der Waals surface area contributed by atoms with Crippen molar-refractivity contribution in [2.24, 2.45) is 5.92 Å². The molecule has 0 aliphatic rings. The molecule has 0 aliphatic carbocycles. The molecule has 0 radical (unpaired) electrons. The summed E-state index contributed by atoms with van der Waals surface area (Å²) in [6.45, 7) is 9.24. The standard InChI is InChI=1S/C10H22O2.2C7H6O2/c1-6-8(3)10(12,7-2)9(4,5)11;2*8-7(9)6-4-2-1-3-5-6/h8,11-12H,6-7H2,1-5H3;2*1-5H,(H,8,9). The van der Waals surface area contributed by atoms with E-state index in [-0.39, 0.29) is 5.92 Å². The third-order valence-corrected chi connectivity index (χ3v) is 5.07. The van der Waals surface area contributed by atoms with Crippen LogP contribution in [0.3, 0.4) is 0 Å². The number of carboxylic acids is 2. The maximum atomic E-state index is 10.2. The molecule has 0 saturated carbocycles. The third-order valence-electron chi connectivity index (χ3n) is 5.07. The summed E-state index contributed by atoms with van der Waals surface area (Å²) in [5.41, 5.74) is -1.31. The SMILES string of the molecule is CCC(C)C(O)(CC)C(C)(C)O.O=C(O)c1ccccc1.O=C(O)c1ccccc1. The van der Waals surface area contributed by atoms with E-state index in [1.165, 1.54) is 0 Å². The normalized spacial score (nSPS) is 13.4. The van der Waals surface area contributed by atoms with E-state index in [0.29, 0.717) is 17.5 Å². The fourth-order valence-electron chi connectivity index (χ4n) is 2.88. The quantitative estimate of drug-likeness (QED) is 0.540. The Morgan fingerprint density at radius 3 is 1.27 bits per heavy atom. The molecule has 0 amide bonds. The number of hydrogen-bond donors (Lipinski definition) is 4. The molecule has 0 fully saturated rings. The van der Waals surface area contributed by atoms with Crippen LogP contribution >= 0.6 is 0 Å². The van der Waals surface area contributed by atoms with Gasteiger partial charge < -0.3 is 20.4 Å². The number of aliphatic hydroxyl groups is 2. The first-order valence-electron chi connectivity index (χ1n) is 9.92. The van der Waals surface area contributed by atoms with Gasteiger partial charge in [0, 0.05) is 0 Å². The van der Waals surface area contributed by atoms with Gasteiger partial charge in [0.05, 0.1) is 22.3 Å². The highest BCUT2D eigenvalue weighted by Crippen LogP contribution is 2.34. The van der Waals surface area contributed by atoms with Gasteiger partial charge in [-0.05, 0) is 50.5 Å². The minimum Gasteiger partial charge on any atom is -0.478 e. The van der Waals surface area contributed by atoms with Crippen molar-refractivity contribution in [3.8, 4) is 0 Å². The molecule has 2 rings (SSSR count). The zero-order valence-corrected chi connectivity index (χ0v) is 18.4. The van der Waals surface area contributed by atoms with E-state index in [1.54, 1.807) is 74.5 Å². The minimum atomic E-state index is -1.02. The fourth-order valence-corrected chi connectivity index (χ4v) is 2.88. The van der Waals surface area contributed by atoms with Gasteiger partial charge in [0.1, 0.15) is 0 Å². The molecule has 166 valence electrons. The van der Waals surface area contributed by atoms with Crippen LogP contribution in [-0.4, -0.2) is 43.6 Å². The van der Waals surface area contributed by atoms with Gasteiger partial charge in [0.15, 0.2) is 0 Å². The van der Waals surface area contributed by atoms with E-state index in [4.69, 9.17) is 10.2 Å². The Kier molecular flexibility index (Phi) is 11.6. The minimum absolute atomic E-state index is 0.127. The molecule has 0 bridgehead atoms. The molecule has 2 aromatic carbocycles. The predicted molar refractivity (Wildman–Crippen MR) is 118 cm³/mol. The molecule has 0 heterocycles. The summed E-state index contributed by atoms with van der Waals surface area (Å²) in [6.07, 6.45) is 1.47. The molecule has 0 aliphatic heterocycles. The summed E-state index contributed by atoms with van der Waals surface area (Å²) >= 11 is 0. The van der Waals surface area contributed by atoms with E-state index in [2.05, 4.69) is 0 Å². The highest BCUT2D eigenvalue weighted by Gasteiger charge is 2.44. The average molecular weight is 419 g/mol. The van der Waals surface area contributed by atoms with Crippen molar-refractivity contribution in [2.45, 2.75) is 58.7 Å². The first-order chi connectivity index (χ1) is 13.9. The van der Waals surface area contributed by atoms with Crippen molar-refractivity contribution < 1.29 is 30.0 Å². The lowest BCUT2D eigenvalue weighted by Gasteiger charge is -2.42. The molecule has 0 saturated heterocycles. The van der Waals surface area contributed by atoms with E-state index in [0.717, 1.165) is 6.42 Å². The van der Waals surface area contributed by atoms with Crippen LogP contribution in [0.5, 0.6) is 0 Å². The van der Waals surface area contributed by atoms with Gasteiger partial charge in [0.25, 0.3) is 0 Å². The highest BCUT2D eigenvalue weighted by molar-refractivity contribution is 5.87. The first kappa shape index (κ1) is 27.3. The molecular formula is C24H34O6. The van der Waals surface area contributed by atoms with Crippen LogP contribution in [0.4, 0.5) is 0 Å². The number of carboxylic acid groups (broad SMARTS) is 2. The maximum Gasteiger partial charge on any atom is 0.335 e. The second kappa shape index (κ2) is 12.8. The maximum absolute atomic E-state index is 10.2. The largest absolute Gasteiger partial charge is 0.478 e. The molecule has 0 spiro atoms. The number of aromatic carboxylic acids is 2. The van der Waals surface area contributed by atoms with E-state index < -0.39 is 23.1 Å². The molecule has 6 heteroatoms. The van der Waals surface area contributed by atoms with E-state index >= 15 is 0 Å². The lowest BCUT2D eigenvalue weighted by Crippen LogP contribution is -2.54. The molecular weight excluding hydrogens is 384 g/mol. The summed E-state index contributed by atoms with van der Waals surface area (Å²) in [7, 11) is 0. The van der Waals surface area contributed by atoms with Crippen molar-refractivity contribution in [3.05, 3.63) is 71.8 Å². The second-order valence-electron chi connectivity index (χ2n) is 7.49. The Morgan fingerprint density at radius 1 is 0.800 bits per heavy atom. The lowest BCUT2D eigenvalue weighted by molar-refractivity contribution is -0.162. The monoisotopic (exact) mass is 418 g/mol. The van der Waals surface area contributed by atoms with Crippen molar-refractivity contribution >= 4 is 11.9 Å². The summed E-state index contributed by atoms with van der Waals surface area (Å²) in [5.74, 6) is -1.63. The number of benzene rings is 2. The zero-order valence-electron chi connectivity index (χ0n) is 18.4. The summed E-state index contributed by atoms with van der Waals surface area (Å²) < 4.78 is 0. The fraction of sp³-hybridized carbons (Fsp3) is 0.417. The van der Waals surface area contributed by atoms with Crippen LogP contribution in [0.1, 0.15) is 68.2 Å². The van der Waals surface area contributed by atoms with Gasteiger partial charge in [-0.1, -0.05) is 63.6 Å². The van der Waals surface area contributed by atoms with Crippen LogP contribution in [0.15, 0.2) is 60.7 Å². The Balaban J connectivity index is 0.000000426. The van der Waals surface area contributed by atoms with Crippen LogP contribution in [0.2, 0.25) is 0 Å². The molecule has 2 unspecified atom stereocenters. The summed E-state index contributed by atoms with van der Waals surface area (Å²) in [5, 5.41) is 36.7. The number of carbonyl (C=O) groups is 2. The van der Waals surface area contributed by atoms with Gasteiger partial charge in [-0.15, -0.1) is 0 Å². The molecule has 2 atom stereocenters. The molecule has 6 nitrogen and oxygen atoms in total.